The van der Waals surface area contributed by atoms with Crippen LogP contribution in [0.2, 0.25) is 0 Å². The van der Waals surface area contributed by atoms with Gasteiger partial charge in [0.25, 0.3) is 0 Å². The molecule has 1 atom stereocenters. The molecule has 5 nitrogen and oxygen atoms in total. The Labute approximate surface area is 113 Å². The quantitative estimate of drug-likeness (QED) is 0.579. The van der Waals surface area contributed by atoms with Gasteiger partial charge in [0, 0.05) is 12.6 Å². The van der Waals surface area contributed by atoms with Crippen LogP contribution < -0.4 is 11.1 Å². The Morgan fingerprint density at radius 3 is 2.78 bits per heavy atom. The third-order valence-corrected chi connectivity index (χ3v) is 3.27. The molecule has 0 saturated carbocycles. The van der Waals surface area contributed by atoms with Crippen LogP contribution >= 0.6 is 12.2 Å². The number of amides is 2. The summed E-state index contributed by atoms with van der Waals surface area (Å²) in [5.41, 5.74) is 5.29. The fourth-order valence-corrected chi connectivity index (χ4v) is 2.35. The molecule has 0 aromatic rings. The second kappa shape index (κ2) is 7.31. The van der Waals surface area contributed by atoms with Crippen LogP contribution in [-0.2, 0) is 9.59 Å². The first-order chi connectivity index (χ1) is 8.56. The topological polar surface area (TPSA) is 75.4 Å². The summed E-state index contributed by atoms with van der Waals surface area (Å²) in [6.45, 7) is 2.83. The normalized spacial score (nSPS) is 19.4. The number of nitrogens with zero attached hydrogens (tertiary/aromatic N) is 1. The summed E-state index contributed by atoms with van der Waals surface area (Å²) >= 11 is 4.66. The number of hydrogen-bond donors (Lipinski definition) is 2. The molecule has 2 amide bonds. The lowest BCUT2D eigenvalue weighted by Crippen LogP contribution is -2.50. The van der Waals surface area contributed by atoms with Crippen LogP contribution in [0.15, 0.2) is 0 Å². The van der Waals surface area contributed by atoms with Gasteiger partial charge < -0.3 is 16.0 Å². The molecule has 0 spiro atoms. The van der Waals surface area contributed by atoms with Crippen molar-refractivity contribution in [3.8, 4) is 0 Å². The highest BCUT2D eigenvalue weighted by Gasteiger charge is 2.29. The Bertz CT molecular complexity index is 331. The maximum absolute atomic E-state index is 12.0. The van der Waals surface area contributed by atoms with Gasteiger partial charge in [-0.3, -0.25) is 9.59 Å². The molecule has 102 valence electrons. The summed E-state index contributed by atoms with van der Waals surface area (Å²) in [6.07, 6.45) is 5.05. The van der Waals surface area contributed by atoms with Gasteiger partial charge in [-0.25, -0.2) is 0 Å². The van der Waals surface area contributed by atoms with Crippen LogP contribution in [0.5, 0.6) is 0 Å². The largest absolute Gasteiger partial charge is 0.392 e. The van der Waals surface area contributed by atoms with Crippen molar-refractivity contribution < 1.29 is 9.59 Å². The van der Waals surface area contributed by atoms with Gasteiger partial charge in [-0.1, -0.05) is 25.6 Å². The van der Waals surface area contributed by atoms with E-state index in [1.165, 1.54) is 0 Å². The molecule has 3 N–H and O–H groups in total. The summed E-state index contributed by atoms with van der Waals surface area (Å²) in [7, 11) is 0. The average molecular weight is 271 g/mol. The molecule has 1 aliphatic rings. The van der Waals surface area contributed by atoms with Crippen LogP contribution in [0.4, 0.5) is 0 Å². The van der Waals surface area contributed by atoms with Crippen molar-refractivity contribution in [2.24, 2.45) is 5.73 Å². The Hall–Kier alpha value is -1.17. The van der Waals surface area contributed by atoms with Crippen LogP contribution in [0.1, 0.15) is 39.0 Å². The highest BCUT2D eigenvalue weighted by Crippen LogP contribution is 2.20. The third-order valence-electron chi connectivity index (χ3n) is 3.13. The highest BCUT2D eigenvalue weighted by molar-refractivity contribution is 7.80. The summed E-state index contributed by atoms with van der Waals surface area (Å²) in [5.74, 6) is -1.06. The van der Waals surface area contributed by atoms with Gasteiger partial charge in [-0.15, -0.1) is 0 Å². The number of hydrogen-bond acceptors (Lipinski definition) is 3. The van der Waals surface area contributed by atoms with Crippen molar-refractivity contribution in [2.75, 3.05) is 13.1 Å². The van der Waals surface area contributed by atoms with Crippen LogP contribution in [0, 0.1) is 0 Å². The molecule has 1 fully saturated rings. The van der Waals surface area contributed by atoms with E-state index in [0.717, 1.165) is 32.1 Å². The van der Waals surface area contributed by atoms with E-state index in [2.05, 4.69) is 24.5 Å². The molecule has 1 unspecified atom stereocenters. The zero-order chi connectivity index (χ0) is 13.5. The highest BCUT2D eigenvalue weighted by atomic mass is 32.1. The zero-order valence-electron chi connectivity index (χ0n) is 10.8. The lowest BCUT2D eigenvalue weighted by molar-refractivity contribution is -0.148. The molecular formula is C12H21N3O2S. The van der Waals surface area contributed by atoms with Gasteiger partial charge >= 0.3 is 11.8 Å². The number of nitrogens with two attached hydrogens (primary N) is 1. The van der Waals surface area contributed by atoms with Crippen molar-refractivity contribution >= 4 is 29.0 Å². The lowest BCUT2D eigenvalue weighted by atomic mass is 9.98. The summed E-state index contributed by atoms with van der Waals surface area (Å²) in [4.78, 5) is 25.6. The zero-order valence-corrected chi connectivity index (χ0v) is 11.6. The molecule has 0 aromatic heterocycles. The van der Waals surface area contributed by atoms with Crippen molar-refractivity contribution in [2.45, 2.75) is 45.1 Å². The van der Waals surface area contributed by atoms with Crippen molar-refractivity contribution in [1.29, 1.82) is 0 Å². The first-order valence-electron chi connectivity index (χ1n) is 6.43. The second-order valence-corrected chi connectivity index (χ2v) is 5.11. The van der Waals surface area contributed by atoms with E-state index in [9.17, 15) is 9.59 Å². The first-order valence-corrected chi connectivity index (χ1v) is 6.84. The Kier molecular flexibility index (Phi) is 6.04. The van der Waals surface area contributed by atoms with Crippen molar-refractivity contribution in [3.05, 3.63) is 0 Å². The summed E-state index contributed by atoms with van der Waals surface area (Å²) in [6, 6.07) is 0.201. The molecule has 0 bridgehead atoms. The molecule has 18 heavy (non-hydrogen) atoms. The maximum atomic E-state index is 12.0. The standard InChI is InChI=1S/C12H21N3O2S/c1-2-5-9-6-3-4-7-15(9)12(17)11(16)14-8-10(13)18/h9H,2-8H2,1H3,(H2,13,18)(H,14,16). The number of carbonyl (C=O) groups is 2. The second-order valence-electron chi connectivity index (χ2n) is 4.59. The average Bonchev–Trinajstić information content (AvgIpc) is 2.36. The summed E-state index contributed by atoms with van der Waals surface area (Å²) < 4.78 is 0. The smallest absolute Gasteiger partial charge is 0.312 e. The number of piperidine rings is 1. The van der Waals surface area contributed by atoms with Gasteiger partial charge in [0.1, 0.15) is 0 Å². The van der Waals surface area contributed by atoms with Crippen LogP contribution in [0.3, 0.4) is 0 Å². The van der Waals surface area contributed by atoms with Crippen LogP contribution in [-0.4, -0.2) is 40.8 Å². The number of rotatable bonds is 4. The molecule has 0 aromatic carbocycles. The molecule has 1 aliphatic heterocycles. The lowest BCUT2D eigenvalue weighted by Gasteiger charge is -2.35. The van der Waals surface area contributed by atoms with Gasteiger partial charge in [-0.05, 0) is 25.7 Å². The summed E-state index contributed by atoms with van der Waals surface area (Å²) in [5, 5.41) is 2.45. The molecule has 6 heteroatoms. The van der Waals surface area contributed by atoms with Gasteiger partial charge in [-0.2, -0.15) is 0 Å². The van der Waals surface area contributed by atoms with Crippen LogP contribution in [0.25, 0.3) is 0 Å². The fourth-order valence-electron chi connectivity index (χ4n) is 2.27. The molecule has 0 aliphatic carbocycles. The molecule has 1 saturated heterocycles. The van der Waals surface area contributed by atoms with Gasteiger partial charge in [0.05, 0.1) is 11.5 Å². The molecule has 1 rings (SSSR count). The number of nitrogens with one attached hydrogen (secondary N) is 1. The van der Waals surface area contributed by atoms with E-state index in [0.29, 0.717) is 6.54 Å². The first kappa shape index (κ1) is 14.9. The molecule has 0 radical (unpaired) electrons. The number of likely N-dealkylation sites (tertiary alicyclic amines) is 1. The van der Waals surface area contributed by atoms with E-state index in [1.807, 2.05) is 0 Å². The van der Waals surface area contributed by atoms with Crippen molar-refractivity contribution in [1.82, 2.24) is 10.2 Å². The third kappa shape index (κ3) is 4.25. The predicted molar refractivity (Wildman–Crippen MR) is 74.1 cm³/mol. The van der Waals surface area contributed by atoms with E-state index >= 15 is 0 Å². The molecule has 1 heterocycles. The van der Waals surface area contributed by atoms with Gasteiger partial charge in [0.15, 0.2) is 0 Å². The van der Waals surface area contributed by atoms with E-state index in [1.54, 1.807) is 4.90 Å². The van der Waals surface area contributed by atoms with E-state index in [-0.39, 0.29) is 17.6 Å². The maximum Gasteiger partial charge on any atom is 0.312 e. The minimum Gasteiger partial charge on any atom is -0.392 e. The molecular weight excluding hydrogens is 250 g/mol. The van der Waals surface area contributed by atoms with E-state index in [4.69, 9.17) is 5.73 Å². The number of carbonyl (C=O) groups excluding carboxylic acids is 2. The Balaban J connectivity index is 2.56. The van der Waals surface area contributed by atoms with Gasteiger partial charge in [0.2, 0.25) is 0 Å². The van der Waals surface area contributed by atoms with E-state index < -0.39 is 11.8 Å². The van der Waals surface area contributed by atoms with Crippen molar-refractivity contribution in [3.63, 3.8) is 0 Å². The Morgan fingerprint density at radius 1 is 1.44 bits per heavy atom. The minimum absolute atomic E-state index is 0.0756. The minimum atomic E-state index is -0.606. The SMILES string of the molecule is CCCC1CCCCN1C(=O)C(=O)NCC(N)=S. The number of thiocarbonyl (C=S) groups is 1. The fraction of sp³-hybridized carbons (Fsp3) is 0.750. The monoisotopic (exact) mass is 271 g/mol. The Morgan fingerprint density at radius 2 is 2.17 bits per heavy atom. The predicted octanol–water partition coefficient (Wildman–Crippen LogP) is 0.570.